The van der Waals surface area contributed by atoms with E-state index in [0.29, 0.717) is 5.95 Å². The van der Waals surface area contributed by atoms with Crippen LogP contribution in [0.5, 0.6) is 0 Å². The van der Waals surface area contributed by atoms with Crippen molar-refractivity contribution in [3.8, 4) is 0 Å². The molecule has 0 fully saturated rings. The average molecular weight is 304 g/mol. The zero-order valence-electron chi connectivity index (χ0n) is 11.9. The Kier molecular flexibility index (Phi) is 5.10. The van der Waals surface area contributed by atoms with Crippen LogP contribution in [0.1, 0.15) is 18.9 Å². The molecule has 110 valence electrons. The number of nitrogens with one attached hydrogen (secondary N) is 1. The largest absolute Gasteiger partial charge is 0.354 e. The molecule has 0 saturated carbocycles. The van der Waals surface area contributed by atoms with E-state index in [0.717, 1.165) is 28.5 Å². The van der Waals surface area contributed by atoms with Gasteiger partial charge in [0.1, 0.15) is 5.03 Å². The van der Waals surface area contributed by atoms with E-state index in [1.54, 1.807) is 18.3 Å². The van der Waals surface area contributed by atoms with Gasteiger partial charge < -0.3 is 5.32 Å². The molecule has 0 unspecified atom stereocenters. The Morgan fingerprint density at radius 1 is 1.33 bits per heavy atom. The lowest BCUT2D eigenvalue weighted by Crippen LogP contribution is -2.05. The molecule has 2 rings (SSSR count). The van der Waals surface area contributed by atoms with E-state index in [4.69, 9.17) is 0 Å². The van der Waals surface area contributed by atoms with E-state index < -0.39 is 4.92 Å². The lowest BCUT2D eigenvalue weighted by Gasteiger charge is -2.08. The maximum atomic E-state index is 10.6. The number of hydrogen-bond acceptors (Lipinski definition) is 6. The van der Waals surface area contributed by atoms with Crippen LogP contribution in [0, 0.1) is 17.0 Å². The van der Waals surface area contributed by atoms with Crippen LogP contribution in [-0.2, 0) is 0 Å². The average Bonchev–Trinajstić information content (AvgIpc) is 2.48. The van der Waals surface area contributed by atoms with Crippen LogP contribution < -0.4 is 5.32 Å². The molecule has 1 N–H and O–H groups in total. The standard InChI is InChI=1S/C14H16N4O2S/c1-3-8-15-14-16-9-10(2)13(17-14)21-12-6-4-11(5-7-12)18(19)20/h4-7,9H,3,8H2,1-2H3,(H,15,16,17). The van der Waals surface area contributed by atoms with Gasteiger partial charge in [-0.25, -0.2) is 9.97 Å². The third-order valence-electron chi connectivity index (χ3n) is 2.72. The number of nitro benzene ring substituents is 1. The zero-order valence-corrected chi connectivity index (χ0v) is 12.7. The highest BCUT2D eigenvalue weighted by molar-refractivity contribution is 7.99. The van der Waals surface area contributed by atoms with Crippen molar-refractivity contribution < 1.29 is 4.92 Å². The number of benzene rings is 1. The van der Waals surface area contributed by atoms with Crippen molar-refractivity contribution in [2.24, 2.45) is 0 Å². The van der Waals surface area contributed by atoms with Crippen molar-refractivity contribution in [2.45, 2.75) is 30.2 Å². The maximum Gasteiger partial charge on any atom is 0.269 e. The van der Waals surface area contributed by atoms with E-state index in [2.05, 4.69) is 22.2 Å². The first kappa shape index (κ1) is 15.2. The predicted octanol–water partition coefficient (Wildman–Crippen LogP) is 3.67. The van der Waals surface area contributed by atoms with Crippen molar-refractivity contribution in [2.75, 3.05) is 11.9 Å². The van der Waals surface area contributed by atoms with Crippen LogP contribution in [0.25, 0.3) is 0 Å². The molecule has 0 radical (unpaired) electrons. The second-order valence-corrected chi connectivity index (χ2v) is 5.52. The molecule has 1 aromatic heterocycles. The lowest BCUT2D eigenvalue weighted by molar-refractivity contribution is -0.384. The maximum absolute atomic E-state index is 10.6. The highest BCUT2D eigenvalue weighted by Crippen LogP contribution is 2.30. The van der Waals surface area contributed by atoms with Crippen LogP contribution in [0.15, 0.2) is 40.4 Å². The SMILES string of the molecule is CCCNc1ncc(C)c(Sc2ccc([N+](=O)[O-])cc2)n1. The van der Waals surface area contributed by atoms with Gasteiger partial charge in [0.05, 0.1) is 4.92 Å². The fourth-order valence-corrected chi connectivity index (χ4v) is 2.44. The number of non-ortho nitro benzene ring substituents is 1. The van der Waals surface area contributed by atoms with E-state index in [1.807, 2.05) is 6.92 Å². The minimum absolute atomic E-state index is 0.0871. The van der Waals surface area contributed by atoms with Gasteiger partial charge in [0.25, 0.3) is 5.69 Å². The van der Waals surface area contributed by atoms with E-state index >= 15 is 0 Å². The Morgan fingerprint density at radius 2 is 2.05 bits per heavy atom. The Bertz CT molecular complexity index is 631. The summed E-state index contributed by atoms with van der Waals surface area (Å²) in [5.74, 6) is 0.604. The second-order valence-electron chi connectivity index (χ2n) is 4.46. The third-order valence-corrected chi connectivity index (χ3v) is 3.83. The summed E-state index contributed by atoms with van der Waals surface area (Å²) in [6.45, 7) is 4.84. The molecule has 0 aliphatic carbocycles. The normalized spacial score (nSPS) is 10.4. The summed E-state index contributed by atoms with van der Waals surface area (Å²) in [6.07, 6.45) is 2.78. The van der Waals surface area contributed by atoms with Crippen molar-refractivity contribution in [3.63, 3.8) is 0 Å². The van der Waals surface area contributed by atoms with Crippen molar-refractivity contribution in [3.05, 3.63) is 46.1 Å². The number of nitrogens with zero attached hydrogens (tertiary/aromatic N) is 3. The van der Waals surface area contributed by atoms with Gasteiger partial charge in [-0.1, -0.05) is 18.7 Å². The lowest BCUT2D eigenvalue weighted by atomic mass is 10.3. The zero-order chi connectivity index (χ0) is 15.2. The highest BCUT2D eigenvalue weighted by atomic mass is 32.2. The van der Waals surface area contributed by atoms with E-state index in [1.165, 1.54) is 23.9 Å². The molecule has 21 heavy (non-hydrogen) atoms. The topological polar surface area (TPSA) is 81.0 Å². The third kappa shape index (κ3) is 4.16. The van der Waals surface area contributed by atoms with Crippen molar-refractivity contribution in [1.29, 1.82) is 0 Å². The van der Waals surface area contributed by atoms with Gasteiger partial charge in [0.2, 0.25) is 5.95 Å². The van der Waals surface area contributed by atoms with Crippen molar-refractivity contribution >= 4 is 23.4 Å². The molecule has 0 aliphatic rings. The first-order valence-corrected chi connectivity index (χ1v) is 7.41. The first-order valence-electron chi connectivity index (χ1n) is 6.60. The van der Waals surface area contributed by atoms with E-state index in [9.17, 15) is 10.1 Å². The number of anilines is 1. The minimum Gasteiger partial charge on any atom is -0.354 e. The molecule has 0 atom stereocenters. The molecular weight excluding hydrogens is 288 g/mol. The quantitative estimate of drug-likeness (QED) is 0.498. The van der Waals surface area contributed by atoms with Crippen LogP contribution in [0.3, 0.4) is 0 Å². The number of nitro groups is 1. The van der Waals surface area contributed by atoms with E-state index in [-0.39, 0.29) is 5.69 Å². The van der Waals surface area contributed by atoms with Gasteiger partial charge in [-0.2, -0.15) is 0 Å². The summed E-state index contributed by atoms with van der Waals surface area (Å²) in [7, 11) is 0. The molecule has 0 bridgehead atoms. The fraction of sp³-hybridized carbons (Fsp3) is 0.286. The summed E-state index contributed by atoms with van der Waals surface area (Å²) < 4.78 is 0. The van der Waals surface area contributed by atoms with Crippen LogP contribution in [0.4, 0.5) is 11.6 Å². The summed E-state index contributed by atoms with van der Waals surface area (Å²) in [6, 6.07) is 6.44. The molecule has 0 saturated heterocycles. The van der Waals surface area contributed by atoms with Gasteiger partial charge in [-0.3, -0.25) is 10.1 Å². The van der Waals surface area contributed by atoms with Crippen LogP contribution in [0.2, 0.25) is 0 Å². The van der Waals surface area contributed by atoms with Gasteiger partial charge in [0, 0.05) is 35.3 Å². The summed E-state index contributed by atoms with van der Waals surface area (Å²) >= 11 is 1.47. The minimum atomic E-state index is -0.406. The highest BCUT2D eigenvalue weighted by Gasteiger charge is 2.08. The number of rotatable bonds is 6. The Morgan fingerprint density at radius 3 is 2.67 bits per heavy atom. The van der Waals surface area contributed by atoms with Gasteiger partial charge in [-0.15, -0.1) is 0 Å². The smallest absolute Gasteiger partial charge is 0.269 e. The predicted molar refractivity (Wildman–Crippen MR) is 82.8 cm³/mol. The fourth-order valence-electron chi connectivity index (χ4n) is 1.60. The summed E-state index contributed by atoms with van der Waals surface area (Å²) in [4.78, 5) is 19.8. The first-order chi connectivity index (χ1) is 10.1. The van der Waals surface area contributed by atoms with Crippen LogP contribution in [-0.4, -0.2) is 21.4 Å². The number of hydrogen-bond donors (Lipinski definition) is 1. The summed E-state index contributed by atoms with van der Waals surface area (Å²) in [5, 5.41) is 14.6. The van der Waals surface area contributed by atoms with Crippen LogP contribution >= 0.6 is 11.8 Å². The van der Waals surface area contributed by atoms with Gasteiger partial charge >= 0.3 is 0 Å². The molecule has 1 heterocycles. The van der Waals surface area contributed by atoms with Gasteiger partial charge in [0.15, 0.2) is 0 Å². The summed E-state index contributed by atoms with van der Waals surface area (Å²) in [5.41, 5.74) is 1.06. The Balaban J connectivity index is 2.16. The molecule has 6 nitrogen and oxygen atoms in total. The molecule has 7 heteroatoms. The molecular formula is C14H16N4O2S. The Labute approximate surface area is 127 Å². The monoisotopic (exact) mass is 304 g/mol. The molecule has 0 spiro atoms. The number of aromatic nitrogens is 2. The molecule has 0 aliphatic heterocycles. The second kappa shape index (κ2) is 7.03. The molecule has 2 aromatic rings. The van der Waals surface area contributed by atoms with Crippen molar-refractivity contribution in [1.82, 2.24) is 9.97 Å². The Hall–Kier alpha value is -2.15. The van der Waals surface area contributed by atoms with Gasteiger partial charge in [-0.05, 0) is 25.5 Å². The molecule has 0 amide bonds. The number of aryl methyl sites for hydroxylation is 1. The molecule has 1 aromatic carbocycles.